The van der Waals surface area contributed by atoms with Crippen LogP contribution in [-0.4, -0.2) is 55.1 Å². The van der Waals surface area contributed by atoms with E-state index < -0.39 is 0 Å². The van der Waals surface area contributed by atoms with Gasteiger partial charge < -0.3 is 16.0 Å². The lowest BCUT2D eigenvalue weighted by Crippen LogP contribution is -2.51. The molecular weight excluding hydrogens is 332 g/mol. The molecule has 0 unspecified atom stereocenters. The fourth-order valence-electron chi connectivity index (χ4n) is 2.26. The van der Waals surface area contributed by atoms with E-state index in [4.69, 9.17) is 5.73 Å². The number of hydrogen-bond donors (Lipinski definition) is 2. The van der Waals surface area contributed by atoms with E-state index in [1.165, 1.54) is 0 Å². The highest BCUT2D eigenvalue weighted by Crippen LogP contribution is 2.16. The number of nitrogens with zero attached hydrogens (tertiary/aromatic N) is 2. The van der Waals surface area contributed by atoms with Crippen molar-refractivity contribution in [3.8, 4) is 0 Å². The van der Waals surface area contributed by atoms with Gasteiger partial charge in [-0.3, -0.25) is 4.90 Å². The van der Waals surface area contributed by atoms with Gasteiger partial charge in [-0.15, -0.1) is 0 Å². The summed E-state index contributed by atoms with van der Waals surface area (Å²) in [5.74, 6) is 0. The van der Waals surface area contributed by atoms with Gasteiger partial charge in [0.05, 0.1) is 0 Å². The Labute approximate surface area is 133 Å². The van der Waals surface area contributed by atoms with Gasteiger partial charge in [0.15, 0.2) is 0 Å². The van der Waals surface area contributed by atoms with Crippen LogP contribution in [0.25, 0.3) is 6.08 Å². The van der Waals surface area contributed by atoms with Gasteiger partial charge >= 0.3 is 6.03 Å². The average Bonchev–Trinajstić information content (AvgIpc) is 2.50. The largest absolute Gasteiger partial charge is 0.329 e. The van der Waals surface area contributed by atoms with Crippen LogP contribution in [0.4, 0.5) is 4.79 Å². The number of rotatable bonds is 4. The van der Waals surface area contributed by atoms with Gasteiger partial charge in [0.2, 0.25) is 0 Å². The third-order valence-electron chi connectivity index (χ3n) is 3.48. The van der Waals surface area contributed by atoms with Crippen LogP contribution in [-0.2, 0) is 0 Å². The van der Waals surface area contributed by atoms with Crippen molar-refractivity contribution in [3.05, 3.63) is 40.5 Å². The number of urea groups is 1. The zero-order valence-electron chi connectivity index (χ0n) is 12.0. The number of piperazine rings is 1. The van der Waals surface area contributed by atoms with Crippen LogP contribution in [0.1, 0.15) is 5.56 Å². The smallest absolute Gasteiger partial charge is 0.321 e. The Kier molecular flexibility index (Phi) is 6.22. The van der Waals surface area contributed by atoms with Gasteiger partial charge in [-0.1, -0.05) is 34.1 Å². The van der Waals surface area contributed by atoms with E-state index in [2.05, 4.69) is 26.1 Å². The number of carbonyl (C=O) groups is 1. The average molecular weight is 353 g/mol. The lowest BCUT2D eigenvalue weighted by Gasteiger charge is -2.34. The zero-order chi connectivity index (χ0) is 15.1. The Morgan fingerprint density at radius 1 is 1.29 bits per heavy atom. The van der Waals surface area contributed by atoms with E-state index in [9.17, 15) is 4.79 Å². The standard InChI is InChI=1S/C15H21BrN4O/c16-14-4-2-1-3-13(14)5-7-18-15(21)20-11-9-19(8-6-17)10-12-20/h1-5,7H,6,8-12,17H2,(H,18,21)/b7-5+. The molecule has 0 saturated carbocycles. The third-order valence-corrected chi connectivity index (χ3v) is 4.20. The molecule has 0 radical (unpaired) electrons. The summed E-state index contributed by atoms with van der Waals surface area (Å²) in [7, 11) is 0. The van der Waals surface area contributed by atoms with E-state index in [0.29, 0.717) is 6.54 Å². The Balaban J connectivity index is 1.79. The molecule has 0 bridgehead atoms. The molecule has 3 N–H and O–H groups in total. The lowest BCUT2D eigenvalue weighted by molar-refractivity contribution is 0.143. The minimum absolute atomic E-state index is 0.0503. The summed E-state index contributed by atoms with van der Waals surface area (Å²) in [5, 5.41) is 2.82. The van der Waals surface area contributed by atoms with Crippen LogP contribution < -0.4 is 11.1 Å². The minimum atomic E-state index is -0.0503. The van der Waals surface area contributed by atoms with Crippen molar-refractivity contribution >= 4 is 28.0 Å². The van der Waals surface area contributed by atoms with E-state index >= 15 is 0 Å². The van der Waals surface area contributed by atoms with Crippen molar-refractivity contribution < 1.29 is 4.79 Å². The van der Waals surface area contributed by atoms with Gasteiger partial charge in [-0.2, -0.15) is 0 Å². The predicted octanol–water partition coefficient (Wildman–Crippen LogP) is 1.71. The van der Waals surface area contributed by atoms with Crippen molar-refractivity contribution in [2.45, 2.75) is 0 Å². The molecule has 1 aromatic carbocycles. The molecule has 21 heavy (non-hydrogen) atoms. The first kappa shape index (κ1) is 16.0. The molecule has 0 aromatic heterocycles. The highest BCUT2D eigenvalue weighted by atomic mass is 79.9. The molecule has 1 aliphatic rings. The van der Waals surface area contributed by atoms with Crippen molar-refractivity contribution in [2.75, 3.05) is 39.3 Å². The topological polar surface area (TPSA) is 61.6 Å². The molecule has 0 aliphatic carbocycles. The van der Waals surface area contributed by atoms with Crippen LogP contribution in [0.2, 0.25) is 0 Å². The Morgan fingerprint density at radius 3 is 2.67 bits per heavy atom. The molecule has 2 amide bonds. The number of amides is 2. The maximum absolute atomic E-state index is 12.0. The SMILES string of the molecule is NCCN1CCN(C(=O)N/C=C/c2ccccc2Br)CC1. The normalized spacial score (nSPS) is 16.4. The van der Waals surface area contributed by atoms with Gasteiger partial charge in [0.25, 0.3) is 0 Å². The Morgan fingerprint density at radius 2 is 2.00 bits per heavy atom. The fourth-order valence-corrected chi connectivity index (χ4v) is 2.68. The van der Waals surface area contributed by atoms with E-state index in [1.54, 1.807) is 6.20 Å². The molecule has 6 heteroatoms. The van der Waals surface area contributed by atoms with Crippen LogP contribution in [0.5, 0.6) is 0 Å². The van der Waals surface area contributed by atoms with Crippen LogP contribution in [0, 0.1) is 0 Å². The van der Waals surface area contributed by atoms with Crippen LogP contribution >= 0.6 is 15.9 Å². The van der Waals surface area contributed by atoms with E-state index in [-0.39, 0.29) is 6.03 Å². The second-order valence-electron chi connectivity index (χ2n) is 4.92. The molecule has 114 valence electrons. The summed E-state index contributed by atoms with van der Waals surface area (Å²) in [6, 6.07) is 7.82. The van der Waals surface area contributed by atoms with Crippen LogP contribution in [0.15, 0.2) is 34.9 Å². The summed E-state index contributed by atoms with van der Waals surface area (Å²) >= 11 is 3.47. The molecule has 1 fully saturated rings. The highest BCUT2D eigenvalue weighted by Gasteiger charge is 2.19. The summed E-state index contributed by atoms with van der Waals surface area (Å²) in [4.78, 5) is 16.2. The van der Waals surface area contributed by atoms with Crippen molar-refractivity contribution in [1.82, 2.24) is 15.1 Å². The molecule has 5 nitrogen and oxygen atoms in total. The first-order valence-electron chi connectivity index (χ1n) is 7.09. The van der Waals surface area contributed by atoms with Gasteiger partial charge in [0.1, 0.15) is 0 Å². The first-order chi connectivity index (χ1) is 10.2. The number of carbonyl (C=O) groups excluding carboxylic acids is 1. The predicted molar refractivity (Wildman–Crippen MR) is 88.8 cm³/mol. The summed E-state index contributed by atoms with van der Waals surface area (Å²) in [6.07, 6.45) is 3.57. The highest BCUT2D eigenvalue weighted by molar-refractivity contribution is 9.10. The summed E-state index contributed by atoms with van der Waals surface area (Å²) in [6.45, 7) is 4.83. The molecule has 1 aliphatic heterocycles. The fraction of sp³-hybridized carbons (Fsp3) is 0.400. The van der Waals surface area contributed by atoms with Gasteiger partial charge in [0, 0.05) is 49.9 Å². The molecule has 0 atom stereocenters. The maximum atomic E-state index is 12.0. The molecule has 2 rings (SSSR count). The van der Waals surface area contributed by atoms with E-state index in [1.807, 2.05) is 35.2 Å². The van der Waals surface area contributed by atoms with Gasteiger partial charge in [-0.25, -0.2) is 4.79 Å². The van der Waals surface area contributed by atoms with E-state index in [0.717, 1.165) is 42.8 Å². The Bertz CT molecular complexity index is 498. The molecular formula is C15H21BrN4O. The van der Waals surface area contributed by atoms with Crippen molar-refractivity contribution in [1.29, 1.82) is 0 Å². The van der Waals surface area contributed by atoms with Gasteiger partial charge in [-0.05, 0) is 17.7 Å². The number of hydrogen-bond acceptors (Lipinski definition) is 3. The molecule has 1 aromatic rings. The maximum Gasteiger partial charge on any atom is 0.321 e. The molecule has 1 heterocycles. The van der Waals surface area contributed by atoms with Crippen molar-refractivity contribution in [3.63, 3.8) is 0 Å². The van der Waals surface area contributed by atoms with Crippen LogP contribution in [0.3, 0.4) is 0 Å². The number of nitrogens with two attached hydrogens (primary N) is 1. The first-order valence-corrected chi connectivity index (χ1v) is 7.89. The second kappa shape index (κ2) is 8.17. The number of benzene rings is 1. The monoisotopic (exact) mass is 352 g/mol. The Hall–Kier alpha value is -1.37. The molecule has 1 saturated heterocycles. The zero-order valence-corrected chi connectivity index (χ0v) is 13.6. The molecule has 0 spiro atoms. The summed E-state index contributed by atoms with van der Waals surface area (Å²) < 4.78 is 1.01. The summed E-state index contributed by atoms with van der Waals surface area (Å²) in [5.41, 5.74) is 6.57. The van der Waals surface area contributed by atoms with Crippen molar-refractivity contribution in [2.24, 2.45) is 5.73 Å². The third kappa shape index (κ3) is 4.84. The minimum Gasteiger partial charge on any atom is -0.329 e. The quantitative estimate of drug-likeness (QED) is 0.866. The number of nitrogens with one attached hydrogen (secondary N) is 1. The lowest BCUT2D eigenvalue weighted by atomic mass is 10.2. The second-order valence-corrected chi connectivity index (χ2v) is 5.78. The number of halogens is 1.